The molecule has 1 saturated carbocycles. The van der Waals surface area contributed by atoms with Crippen molar-refractivity contribution < 1.29 is 9.53 Å². The predicted molar refractivity (Wildman–Crippen MR) is 85.9 cm³/mol. The molecule has 2 saturated heterocycles. The summed E-state index contributed by atoms with van der Waals surface area (Å²) < 4.78 is 5.41. The molecule has 0 aromatic heterocycles. The largest absolute Gasteiger partial charge is 0.392 e. The third-order valence-corrected chi connectivity index (χ3v) is 6.20. The number of hydrogen-bond acceptors (Lipinski definition) is 3. The van der Waals surface area contributed by atoms with E-state index in [9.17, 15) is 4.79 Å². The number of thiocarbonyl (C=S) groups is 1. The summed E-state index contributed by atoms with van der Waals surface area (Å²) in [5.41, 5.74) is 5.33. The number of carbonyl (C=O) groups excluding carboxylic acids is 1. The number of carbonyl (C=O) groups is 1. The molecule has 0 bridgehead atoms. The lowest BCUT2D eigenvalue weighted by Gasteiger charge is -2.45. The van der Waals surface area contributed by atoms with E-state index in [1.807, 2.05) is 0 Å². The smallest absolute Gasteiger partial charge is 0.235 e. The quantitative estimate of drug-likeness (QED) is 0.794. The Kier molecular flexibility index (Phi) is 4.50. The highest BCUT2D eigenvalue weighted by atomic mass is 32.1. The molecule has 3 rings (SSSR count). The first-order chi connectivity index (χ1) is 10.1. The van der Waals surface area contributed by atoms with Crippen LogP contribution in [-0.4, -0.2) is 42.1 Å². The van der Waals surface area contributed by atoms with Gasteiger partial charge in [-0.05, 0) is 37.5 Å². The van der Waals surface area contributed by atoms with Gasteiger partial charge in [0, 0.05) is 26.3 Å². The third kappa shape index (κ3) is 2.82. The summed E-state index contributed by atoms with van der Waals surface area (Å²) in [4.78, 5) is 15.5. The highest BCUT2D eigenvalue weighted by Gasteiger charge is 2.46. The van der Waals surface area contributed by atoms with Gasteiger partial charge in [-0.25, -0.2) is 0 Å². The number of likely N-dealkylation sites (tertiary alicyclic amines) is 1. The fourth-order valence-corrected chi connectivity index (χ4v) is 4.66. The van der Waals surface area contributed by atoms with Crippen molar-refractivity contribution in [2.24, 2.45) is 23.0 Å². The van der Waals surface area contributed by atoms with E-state index in [4.69, 9.17) is 22.7 Å². The van der Waals surface area contributed by atoms with Crippen molar-refractivity contribution in [3.8, 4) is 0 Å². The Balaban J connectivity index is 1.72. The molecule has 118 valence electrons. The number of fused-ring (bicyclic) bond motifs is 1. The van der Waals surface area contributed by atoms with Crippen molar-refractivity contribution in [2.45, 2.75) is 44.9 Å². The molecular weight excluding hydrogens is 284 g/mol. The minimum Gasteiger partial charge on any atom is -0.392 e. The minimum absolute atomic E-state index is 0.169. The van der Waals surface area contributed by atoms with Gasteiger partial charge in [0.25, 0.3) is 0 Å². The van der Waals surface area contributed by atoms with Crippen molar-refractivity contribution in [2.75, 3.05) is 26.3 Å². The van der Waals surface area contributed by atoms with E-state index >= 15 is 0 Å². The van der Waals surface area contributed by atoms with Crippen LogP contribution in [0.25, 0.3) is 0 Å². The second-order valence-electron chi connectivity index (χ2n) is 6.90. The zero-order valence-electron chi connectivity index (χ0n) is 12.7. The van der Waals surface area contributed by atoms with Crippen LogP contribution in [0.1, 0.15) is 44.9 Å². The van der Waals surface area contributed by atoms with E-state index in [2.05, 4.69) is 4.90 Å². The molecule has 0 spiro atoms. The van der Waals surface area contributed by atoms with Crippen LogP contribution in [-0.2, 0) is 9.53 Å². The molecule has 5 heteroatoms. The van der Waals surface area contributed by atoms with E-state index in [0.29, 0.717) is 37.0 Å². The summed E-state index contributed by atoms with van der Waals surface area (Å²) in [6.45, 7) is 2.96. The zero-order chi connectivity index (χ0) is 14.9. The second-order valence-corrected chi connectivity index (χ2v) is 7.34. The number of ether oxygens (including phenoxy) is 1. The van der Waals surface area contributed by atoms with Crippen LogP contribution in [0.3, 0.4) is 0 Å². The molecule has 2 heterocycles. The van der Waals surface area contributed by atoms with Crippen LogP contribution < -0.4 is 5.73 Å². The summed E-state index contributed by atoms with van der Waals surface area (Å²) in [6, 6.07) is 0. The highest BCUT2D eigenvalue weighted by Crippen LogP contribution is 2.39. The monoisotopic (exact) mass is 310 g/mol. The average molecular weight is 310 g/mol. The molecule has 2 N–H and O–H groups in total. The minimum atomic E-state index is -0.644. The van der Waals surface area contributed by atoms with Gasteiger partial charge in [-0.3, -0.25) is 4.79 Å². The number of nitrogens with zero attached hydrogens (tertiary/aromatic N) is 1. The molecular formula is C16H26N2O2S. The summed E-state index contributed by atoms with van der Waals surface area (Å²) >= 11 is 5.26. The zero-order valence-corrected chi connectivity index (χ0v) is 13.5. The molecule has 2 unspecified atom stereocenters. The molecule has 1 amide bonds. The normalized spacial score (nSPS) is 32.3. The van der Waals surface area contributed by atoms with Crippen LogP contribution in [0.5, 0.6) is 0 Å². The van der Waals surface area contributed by atoms with Gasteiger partial charge in [0.2, 0.25) is 5.91 Å². The fourth-order valence-electron chi connectivity index (χ4n) is 4.37. The van der Waals surface area contributed by atoms with E-state index < -0.39 is 5.41 Å². The highest BCUT2D eigenvalue weighted by molar-refractivity contribution is 7.80. The summed E-state index contributed by atoms with van der Waals surface area (Å²) in [5, 5.41) is 0. The van der Waals surface area contributed by atoms with Crippen molar-refractivity contribution >= 4 is 23.1 Å². The van der Waals surface area contributed by atoms with Crippen molar-refractivity contribution in [3.63, 3.8) is 0 Å². The van der Waals surface area contributed by atoms with Crippen molar-refractivity contribution in [1.82, 2.24) is 4.90 Å². The molecule has 0 aromatic carbocycles. The Morgan fingerprint density at radius 2 is 1.81 bits per heavy atom. The van der Waals surface area contributed by atoms with Gasteiger partial charge in [-0.15, -0.1) is 0 Å². The summed E-state index contributed by atoms with van der Waals surface area (Å²) in [6.07, 6.45) is 7.75. The fraction of sp³-hybridized carbons (Fsp3) is 0.875. The number of nitrogens with two attached hydrogens (primary N) is 1. The molecule has 2 atom stereocenters. The van der Waals surface area contributed by atoms with Gasteiger partial charge in [0.05, 0.1) is 4.99 Å². The van der Waals surface area contributed by atoms with Gasteiger partial charge in [0.15, 0.2) is 0 Å². The lowest BCUT2D eigenvalue weighted by molar-refractivity contribution is -0.145. The van der Waals surface area contributed by atoms with Crippen LogP contribution in [0.15, 0.2) is 0 Å². The Bertz CT molecular complexity index is 421. The van der Waals surface area contributed by atoms with Gasteiger partial charge >= 0.3 is 0 Å². The second kappa shape index (κ2) is 6.21. The first kappa shape index (κ1) is 15.2. The van der Waals surface area contributed by atoms with Crippen molar-refractivity contribution in [3.05, 3.63) is 0 Å². The SMILES string of the molecule is NC(=S)C1(C(=O)N2CCC3CCCCC3C2)CCOCC1. The Hall–Kier alpha value is -0.680. The summed E-state index contributed by atoms with van der Waals surface area (Å²) in [7, 11) is 0. The Labute approximate surface area is 132 Å². The molecule has 1 aliphatic carbocycles. The molecule has 21 heavy (non-hydrogen) atoms. The average Bonchev–Trinajstić information content (AvgIpc) is 2.54. The van der Waals surface area contributed by atoms with Gasteiger partial charge in [-0.2, -0.15) is 0 Å². The maximum Gasteiger partial charge on any atom is 0.235 e. The number of amides is 1. The Morgan fingerprint density at radius 1 is 1.14 bits per heavy atom. The van der Waals surface area contributed by atoms with E-state index in [1.54, 1.807) is 0 Å². The number of piperidine rings is 1. The molecule has 2 aliphatic heterocycles. The maximum absolute atomic E-state index is 13.1. The topological polar surface area (TPSA) is 55.6 Å². The Morgan fingerprint density at radius 3 is 2.48 bits per heavy atom. The maximum atomic E-state index is 13.1. The van der Waals surface area contributed by atoms with Crippen LogP contribution in [0.4, 0.5) is 0 Å². The molecule has 0 radical (unpaired) electrons. The molecule has 3 aliphatic rings. The number of hydrogen-bond donors (Lipinski definition) is 1. The lowest BCUT2D eigenvalue weighted by Crippen LogP contribution is -2.56. The van der Waals surface area contributed by atoms with Crippen LogP contribution in [0, 0.1) is 17.3 Å². The van der Waals surface area contributed by atoms with Crippen molar-refractivity contribution in [1.29, 1.82) is 0 Å². The standard InChI is InChI=1S/C16H26N2O2S/c17-14(21)16(6-9-20-10-7-16)15(19)18-8-5-12-3-1-2-4-13(12)11-18/h12-13H,1-11H2,(H2,17,21). The predicted octanol–water partition coefficient (Wildman–Crippen LogP) is 2.11. The van der Waals surface area contributed by atoms with Gasteiger partial charge < -0.3 is 15.4 Å². The van der Waals surface area contributed by atoms with E-state index in [-0.39, 0.29) is 5.91 Å². The van der Waals surface area contributed by atoms with Crippen LogP contribution >= 0.6 is 12.2 Å². The molecule has 0 aromatic rings. The van der Waals surface area contributed by atoms with Gasteiger partial charge in [0.1, 0.15) is 5.41 Å². The van der Waals surface area contributed by atoms with E-state index in [1.165, 1.54) is 25.7 Å². The van der Waals surface area contributed by atoms with E-state index in [0.717, 1.165) is 25.4 Å². The lowest BCUT2D eigenvalue weighted by atomic mass is 9.73. The summed E-state index contributed by atoms with van der Waals surface area (Å²) in [5.74, 6) is 1.69. The molecule has 4 nitrogen and oxygen atoms in total. The van der Waals surface area contributed by atoms with Gasteiger partial charge in [-0.1, -0.05) is 31.5 Å². The molecule has 3 fully saturated rings. The number of rotatable bonds is 2. The van der Waals surface area contributed by atoms with Crippen LogP contribution in [0.2, 0.25) is 0 Å². The first-order valence-electron chi connectivity index (χ1n) is 8.30. The third-order valence-electron chi connectivity index (χ3n) is 5.81. The first-order valence-corrected chi connectivity index (χ1v) is 8.71.